The highest BCUT2D eigenvalue weighted by atomic mass is 19.1. The van der Waals surface area contributed by atoms with E-state index in [1.54, 1.807) is 0 Å². The molecule has 20 heavy (non-hydrogen) atoms. The van der Waals surface area contributed by atoms with E-state index in [4.69, 9.17) is 0 Å². The van der Waals surface area contributed by atoms with Crippen molar-refractivity contribution < 1.29 is 9.18 Å². The van der Waals surface area contributed by atoms with Crippen molar-refractivity contribution >= 4 is 5.91 Å². The van der Waals surface area contributed by atoms with E-state index >= 15 is 0 Å². The first-order valence-corrected chi connectivity index (χ1v) is 8.29. The molecule has 0 unspecified atom stereocenters. The van der Waals surface area contributed by atoms with Gasteiger partial charge in [0.15, 0.2) is 5.67 Å². The predicted octanol–water partition coefficient (Wildman–Crippen LogP) is 2.90. The fraction of sp³-hybridized carbons (Fsp3) is 0.938. The second-order valence-electron chi connectivity index (χ2n) is 6.57. The summed E-state index contributed by atoms with van der Waals surface area (Å²) in [5.41, 5.74) is -1.58. The Labute approximate surface area is 122 Å². The first-order valence-electron chi connectivity index (χ1n) is 8.29. The van der Waals surface area contributed by atoms with Gasteiger partial charge in [-0.2, -0.15) is 0 Å². The Balaban J connectivity index is 1.77. The Morgan fingerprint density at radius 3 is 2.60 bits per heavy atom. The molecule has 1 heterocycles. The molecule has 4 heteroatoms. The van der Waals surface area contributed by atoms with Gasteiger partial charge in [0.25, 0.3) is 5.91 Å². The van der Waals surface area contributed by atoms with Gasteiger partial charge in [-0.25, -0.2) is 4.39 Å². The van der Waals surface area contributed by atoms with E-state index < -0.39 is 5.67 Å². The fourth-order valence-corrected chi connectivity index (χ4v) is 3.51. The van der Waals surface area contributed by atoms with Gasteiger partial charge in [-0.05, 0) is 38.0 Å². The lowest BCUT2D eigenvalue weighted by molar-refractivity contribution is -0.133. The first-order chi connectivity index (χ1) is 9.57. The zero-order chi connectivity index (χ0) is 14.6. The summed E-state index contributed by atoms with van der Waals surface area (Å²) in [4.78, 5) is 14.5. The van der Waals surface area contributed by atoms with Crippen molar-refractivity contribution in [2.45, 2.75) is 70.5 Å². The summed E-state index contributed by atoms with van der Waals surface area (Å²) in [5.74, 6) is 0.385. The summed E-state index contributed by atoms with van der Waals surface area (Å²) in [6.07, 6.45) is 5.87. The van der Waals surface area contributed by atoms with Gasteiger partial charge >= 0.3 is 0 Å². The van der Waals surface area contributed by atoms with Crippen LogP contribution < -0.4 is 5.32 Å². The number of hydrogen-bond acceptors (Lipinski definition) is 2. The molecule has 0 bridgehead atoms. The van der Waals surface area contributed by atoms with E-state index in [9.17, 15) is 9.18 Å². The summed E-state index contributed by atoms with van der Waals surface area (Å²) in [7, 11) is 0. The van der Waals surface area contributed by atoms with Crippen molar-refractivity contribution in [3.63, 3.8) is 0 Å². The molecular weight excluding hydrogens is 255 g/mol. The summed E-state index contributed by atoms with van der Waals surface area (Å²) in [6.45, 7) is 7.49. The number of amides is 1. The van der Waals surface area contributed by atoms with E-state index in [0.717, 1.165) is 44.8 Å². The van der Waals surface area contributed by atoms with Crippen LogP contribution in [0.4, 0.5) is 4.39 Å². The summed E-state index contributed by atoms with van der Waals surface area (Å²) in [5, 5.41) is 2.94. The van der Waals surface area contributed by atoms with Crippen molar-refractivity contribution in [3.8, 4) is 0 Å². The average Bonchev–Trinajstić information content (AvgIpc) is 3.06. The molecule has 1 amide bonds. The highest BCUT2D eigenvalue weighted by Gasteiger charge is 2.42. The van der Waals surface area contributed by atoms with Crippen LogP contribution in [0, 0.1) is 5.92 Å². The van der Waals surface area contributed by atoms with Gasteiger partial charge < -0.3 is 10.2 Å². The van der Waals surface area contributed by atoms with E-state index in [-0.39, 0.29) is 11.9 Å². The van der Waals surface area contributed by atoms with Gasteiger partial charge in [0, 0.05) is 25.7 Å². The summed E-state index contributed by atoms with van der Waals surface area (Å²) >= 11 is 0. The molecule has 1 aliphatic carbocycles. The normalized spacial score (nSPS) is 26.3. The van der Waals surface area contributed by atoms with Gasteiger partial charge in [0.2, 0.25) is 0 Å². The molecule has 0 aromatic rings. The quantitative estimate of drug-likeness (QED) is 0.813. The minimum Gasteiger partial charge on any atom is -0.349 e. The molecule has 0 radical (unpaired) electrons. The maximum absolute atomic E-state index is 14.4. The summed E-state index contributed by atoms with van der Waals surface area (Å²) < 4.78 is 14.4. The van der Waals surface area contributed by atoms with Gasteiger partial charge in [-0.3, -0.25) is 4.79 Å². The average molecular weight is 284 g/mol. The standard InChI is InChI=1S/C16H29FN2O/c1-3-13(4-2)11-19-10-7-14(12-19)18-15(20)16(17)8-5-6-9-16/h13-14H,3-12H2,1-2H3,(H,18,20)/t14-/m1/s1. The Morgan fingerprint density at radius 2 is 2.00 bits per heavy atom. The first kappa shape index (κ1) is 15.7. The van der Waals surface area contributed by atoms with Crippen LogP contribution in [-0.2, 0) is 4.79 Å². The molecular formula is C16H29FN2O. The number of likely N-dealkylation sites (tertiary alicyclic amines) is 1. The second-order valence-corrected chi connectivity index (χ2v) is 6.57. The molecule has 2 fully saturated rings. The smallest absolute Gasteiger partial charge is 0.257 e. The number of carbonyl (C=O) groups is 1. The lowest BCUT2D eigenvalue weighted by atomic mass is 10.0. The van der Waals surface area contributed by atoms with Gasteiger partial charge in [0.1, 0.15) is 0 Å². The maximum atomic E-state index is 14.4. The van der Waals surface area contributed by atoms with Crippen molar-refractivity contribution in [1.29, 1.82) is 0 Å². The number of halogens is 1. The molecule has 0 aromatic heterocycles. The van der Waals surface area contributed by atoms with Crippen LogP contribution in [0.25, 0.3) is 0 Å². The molecule has 1 aliphatic heterocycles. The Bertz CT molecular complexity index is 324. The van der Waals surface area contributed by atoms with Crippen LogP contribution in [0.5, 0.6) is 0 Å². The van der Waals surface area contributed by atoms with Crippen molar-refractivity contribution in [2.24, 2.45) is 5.92 Å². The maximum Gasteiger partial charge on any atom is 0.257 e. The number of alkyl halides is 1. The van der Waals surface area contributed by atoms with E-state index in [2.05, 4.69) is 24.1 Å². The topological polar surface area (TPSA) is 32.3 Å². The highest BCUT2D eigenvalue weighted by molar-refractivity contribution is 5.85. The number of hydrogen-bond donors (Lipinski definition) is 1. The van der Waals surface area contributed by atoms with Gasteiger partial charge in [-0.1, -0.05) is 26.7 Å². The largest absolute Gasteiger partial charge is 0.349 e. The van der Waals surface area contributed by atoms with Crippen LogP contribution >= 0.6 is 0 Å². The van der Waals surface area contributed by atoms with Crippen molar-refractivity contribution in [3.05, 3.63) is 0 Å². The molecule has 3 nitrogen and oxygen atoms in total. The fourth-order valence-electron chi connectivity index (χ4n) is 3.51. The Hall–Kier alpha value is -0.640. The van der Waals surface area contributed by atoms with Crippen LogP contribution in [0.1, 0.15) is 58.8 Å². The molecule has 1 saturated heterocycles. The number of rotatable bonds is 6. The van der Waals surface area contributed by atoms with Crippen LogP contribution in [0.2, 0.25) is 0 Å². The number of nitrogens with one attached hydrogen (secondary N) is 1. The van der Waals surface area contributed by atoms with Crippen LogP contribution in [-0.4, -0.2) is 42.2 Å². The lowest BCUT2D eigenvalue weighted by Gasteiger charge is -2.23. The van der Waals surface area contributed by atoms with E-state index in [1.165, 1.54) is 12.8 Å². The molecule has 1 atom stereocenters. The molecule has 1 N–H and O–H groups in total. The SMILES string of the molecule is CCC(CC)CN1CC[C@@H](NC(=O)C2(F)CCCC2)C1. The molecule has 1 saturated carbocycles. The third kappa shape index (κ3) is 3.72. The Morgan fingerprint density at radius 1 is 1.35 bits per heavy atom. The van der Waals surface area contributed by atoms with Crippen molar-refractivity contribution in [1.82, 2.24) is 10.2 Å². The molecule has 2 aliphatic rings. The molecule has 0 aromatic carbocycles. The number of carbonyl (C=O) groups excluding carboxylic acids is 1. The zero-order valence-corrected chi connectivity index (χ0v) is 13.0. The van der Waals surface area contributed by atoms with Crippen LogP contribution in [0.3, 0.4) is 0 Å². The molecule has 0 spiro atoms. The van der Waals surface area contributed by atoms with Crippen molar-refractivity contribution in [2.75, 3.05) is 19.6 Å². The Kier molecular flexibility index (Phi) is 5.42. The second kappa shape index (κ2) is 6.88. The molecule has 116 valence electrons. The van der Waals surface area contributed by atoms with E-state index in [1.807, 2.05) is 0 Å². The molecule has 2 rings (SSSR count). The monoisotopic (exact) mass is 284 g/mol. The highest BCUT2D eigenvalue weighted by Crippen LogP contribution is 2.33. The van der Waals surface area contributed by atoms with Gasteiger partial charge in [0.05, 0.1) is 0 Å². The van der Waals surface area contributed by atoms with Crippen LogP contribution in [0.15, 0.2) is 0 Å². The number of nitrogens with zero attached hydrogens (tertiary/aromatic N) is 1. The third-order valence-corrected chi connectivity index (χ3v) is 5.08. The minimum atomic E-state index is -1.58. The lowest BCUT2D eigenvalue weighted by Crippen LogP contribution is -2.47. The minimum absolute atomic E-state index is 0.144. The third-order valence-electron chi connectivity index (χ3n) is 5.08. The van der Waals surface area contributed by atoms with Gasteiger partial charge in [-0.15, -0.1) is 0 Å². The zero-order valence-electron chi connectivity index (χ0n) is 13.0. The van der Waals surface area contributed by atoms with E-state index in [0.29, 0.717) is 12.8 Å². The predicted molar refractivity (Wildman–Crippen MR) is 79.4 cm³/mol. The summed E-state index contributed by atoms with van der Waals surface area (Å²) in [6, 6.07) is 0.144.